The van der Waals surface area contributed by atoms with Crippen molar-refractivity contribution in [1.29, 1.82) is 0 Å². The molecule has 1 saturated heterocycles. The first-order chi connectivity index (χ1) is 28.7. The molecule has 2 rings (SSSR count). The maximum Gasteiger partial charge on any atom is 0.245 e. The first-order valence-electron chi connectivity index (χ1n) is 21.1. The van der Waals surface area contributed by atoms with E-state index in [9.17, 15) is 48.6 Å². The number of amides is 8. The van der Waals surface area contributed by atoms with Crippen molar-refractivity contribution in [2.24, 2.45) is 23.5 Å². The number of β-amino-alcohol motifs (C(OH)–C–C–N with tert-alkyl or cyclic N) is 1. The van der Waals surface area contributed by atoms with Crippen molar-refractivity contribution in [3.05, 3.63) is 35.9 Å². The Labute approximate surface area is 358 Å². The van der Waals surface area contributed by atoms with Gasteiger partial charge in [0.1, 0.15) is 30.2 Å². The highest BCUT2D eigenvalue weighted by Crippen LogP contribution is 2.21. The van der Waals surface area contributed by atoms with Crippen LogP contribution in [0.25, 0.3) is 0 Å². The van der Waals surface area contributed by atoms with Gasteiger partial charge in [0.15, 0.2) is 0 Å². The number of benzene rings is 1. The Morgan fingerprint density at radius 3 is 1.93 bits per heavy atom. The number of primary amides is 1. The average molecular weight is 860 g/mol. The van der Waals surface area contributed by atoms with Gasteiger partial charge in [0.05, 0.1) is 31.2 Å². The van der Waals surface area contributed by atoms with Crippen LogP contribution in [0.3, 0.4) is 0 Å². The summed E-state index contributed by atoms with van der Waals surface area (Å²) in [5.74, 6) is -5.91. The lowest BCUT2D eigenvalue weighted by molar-refractivity contribution is -0.135. The van der Waals surface area contributed by atoms with Crippen LogP contribution in [0.4, 0.5) is 0 Å². The summed E-state index contributed by atoms with van der Waals surface area (Å²) in [4.78, 5) is 106. The van der Waals surface area contributed by atoms with Crippen LogP contribution >= 0.6 is 0 Å². The minimum absolute atomic E-state index is 0.0716. The van der Waals surface area contributed by atoms with E-state index in [2.05, 4.69) is 37.2 Å². The molecule has 0 unspecified atom stereocenters. The molecule has 19 nitrogen and oxygen atoms in total. The molecule has 1 heterocycles. The average Bonchev–Trinajstić information content (AvgIpc) is 3.67. The largest absolute Gasteiger partial charge is 0.394 e. The molecule has 0 radical (unpaired) electrons. The van der Waals surface area contributed by atoms with E-state index in [1.54, 1.807) is 62.9 Å². The Morgan fingerprint density at radius 2 is 1.39 bits per heavy atom. The Kier molecular flexibility index (Phi) is 21.8. The fourth-order valence-corrected chi connectivity index (χ4v) is 7.13. The SMILES string of the molecule is CC[C@H](C)[C@H](NC(=O)[C@@H]1CCCN1C[C@H](O)[C@H](Cc1ccccc1)NC(=O)[C@H](CC(N)=O)NC(=O)[C@H](CC(C)C)NC(=O)[C@H](CO)NC(C)=O)C(=O)N[C@H](C(=O)NC)C(C)C. The number of aliphatic hydroxyl groups is 2. The van der Waals surface area contributed by atoms with E-state index in [0.29, 0.717) is 25.8 Å². The molecule has 0 spiro atoms. The number of nitrogens with two attached hydrogens (primary N) is 1. The van der Waals surface area contributed by atoms with Gasteiger partial charge in [0, 0.05) is 20.5 Å². The van der Waals surface area contributed by atoms with Gasteiger partial charge in [-0.2, -0.15) is 0 Å². The number of aliphatic hydroxyl groups excluding tert-OH is 2. The van der Waals surface area contributed by atoms with Crippen LogP contribution in [0, 0.1) is 17.8 Å². The van der Waals surface area contributed by atoms with E-state index in [1.165, 1.54) is 7.05 Å². The summed E-state index contributed by atoms with van der Waals surface area (Å²) in [5, 5.41) is 39.8. The van der Waals surface area contributed by atoms with E-state index in [0.717, 1.165) is 12.5 Å². The van der Waals surface area contributed by atoms with Crippen molar-refractivity contribution in [3.63, 3.8) is 0 Å². The topological polar surface area (TPSA) is 290 Å². The monoisotopic (exact) mass is 860 g/mol. The molecule has 11 N–H and O–H groups in total. The number of hydrogen-bond donors (Lipinski definition) is 10. The van der Waals surface area contributed by atoms with Crippen molar-refractivity contribution < 1.29 is 48.6 Å². The normalized spacial score (nSPS) is 18.0. The van der Waals surface area contributed by atoms with Crippen molar-refractivity contribution in [2.75, 3.05) is 26.7 Å². The molecule has 0 bridgehead atoms. The molecule has 1 fully saturated rings. The number of rotatable bonds is 25. The molecule has 1 aliphatic heterocycles. The molecule has 0 saturated carbocycles. The van der Waals surface area contributed by atoms with E-state index in [1.807, 2.05) is 13.8 Å². The highest BCUT2D eigenvalue weighted by atomic mass is 16.3. The van der Waals surface area contributed by atoms with Gasteiger partial charge in [0.25, 0.3) is 0 Å². The van der Waals surface area contributed by atoms with Crippen molar-refractivity contribution >= 4 is 47.3 Å². The van der Waals surface area contributed by atoms with Crippen molar-refractivity contribution in [2.45, 2.75) is 135 Å². The fourth-order valence-electron chi connectivity index (χ4n) is 7.13. The van der Waals surface area contributed by atoms with Crippen LogP contribution in [0.5, 0.6) is 0 Å². The van der Waals surface area contributed by atoms with Crippen LogP contribution in [0.1, 0.15) is 86.1 Å². The third kappa shape index (κ3) is 17.0. The van der Waals surface area contributed by atoms with Crippen LogP contribution < -0.4 is 43.0 Å². The van der Waals surface area contributed by atoms with E-state index in [-0.39, 0.29) is 43.0 Å². The van der Waals surface area contributed by atoms with Gasteiger partial charge in [0.2, 0.25) is 47.3 Å². The highest BCUT2D eigenvalue weighted by molar-refractivity contribution is 5.96. The van der Waals surface area contributed by atoms with Gasteiger partial charge in [-0.05, 0) is 55.5 Å². The number of carbonyl (C=O) groups is 8. The van der Waals surface area contributed by atoms with Crippen molar-refractivity contribution in [1.82, 2.24) is 42.1 Å². The number of likely N-dealkylation sites (N-methyl/N-ethyl adjacent to an activating group) is 1. The Hall–Kier alpha value is -5.14. The molecule has 61 heavy (non-hydrogen) atoms. The summed E-state index contributed by atoms with van der Waals surface area (Å²) in [5.41, 5.74) is 6.25. The summed E-state index contributed by atoms with van der Waals surface area (Å²) in [6.45, 7) is 11.7. The van der Waals surface area contributed by atoms with Crippen LogP contribution in [-0.4, -0.2) is 138 Å². The molecule has 1 aliphatic rings. The fraction of sp³-hybridized carbons (Fsp3) is 0.667. The summed E-state index contributed by atoms with van der Waals surface area (Å²) >= 11 is 0. The number of nitrogens with zero attached hydrogens (tertiary/aromatic N) is 1. The molecule has 1 aromatic carbocycles. The summed E-state index contributed by atoms with van der Waals surface area (Å²) in [7, 11) is 1.48. The molecule has 0 aromatic heterocycles. The zero-order chi connectivity index (χ0) is 46.0. The molecule has 9 atom stereocenters. The zero-order valence-electron chi connectivity index (χ0n) is 36.8. The maximum absolute atomic E-state index is 14.0. The van der Waals surface area contributed by atoms with Gasteiger partial charge in [-0.15, -0.1) is 0 Å². The second-order valence-electron chi connectivity index (χ2n) is 16.6. The minimum atomic E-state index is -1.53. The van der Waals surface area contributed by atoms with Crippen LogP contribution in [0.2, 0.25) is 0 Å². The predicted octanol–water partition coefficient (Wildman–Crippen LogP) is -1.65. The third-order valence-corrected chi connectivity index (χ3v) is 10.7. The summed E-state index contributed by atoms with van der Waals surface area (Å²) in [6.07, 6.45) is -0.0968. The first-order valence-corrected chi connectivity index (χ1v) is 21.1. The maximum atomic E-state index is 14.0. The third-order valence-electron chi connectivity index (χ3n) is 10.7. The first kappa shape index (κ1) is 52.0. The van der Waals surface area contributed by atoms with Crippen molar-refractivity contribution in [3.8, 4) is 0 Å². The summed E-state index contributed by atoms with van der Waals surface area (Å²) in [6, 6.07) is 1.39. The van der Waals surface area contributed by atoms with E-state index < -0.39 is 103 Å². The number of likely N-dealkylation sites (tertiary alicyclic amines) is 1. The number of carbonyl (C=O) groups excluding carboxylic acids is 8. The van der Waals surface area contributed by atoms with Gasteiger partial charge in [-0.25, -0.2) is 0 Å². The van der Waals surface area contributed by atoms with Crippen LogP contribution in [-0.2, 0) is 44.8 Å². The Bertz CT molecular complexity index is 1650. The quantitative estimate of drug-likeness (QED) is 0.0532. The number of hydrogen-bond acceptors (Lipinski definition) is 11. The lowest BCUT2D eigenvalue weighted by Crippen LogP contribution is -2.60. The van der Waals surface area contributed by atoms with Gasteiger partial charge in [-0.3, -0.25) is 43.3 Å². The van der Waals surface area contributed by atoms with Gasteiger partial charge < -0.3 is 53.2 Å². The molecular weight excluding hydrogens is 791 g/mol. The molecular formula is C42H69N9O10. The lowest BCUT2D eigenvalue weighted by Gasteiger charge is -2.33. The number of nitrogens with one attached hydrogen (secondary N) is 7. The second-order valence-corrected chi connectivity index (χ2v) is 16.6. The van der Waals surface area contributed by atoms with E-state index >= 15 is 0 Å². The van der Waals surface area contributed by atoms with Crippen LogP contribution in [0.15, 0.2) is 30.3 Å². The molecule has 1 aromatic rings. The Morgan fingerprint density at radius 1 is 0.787 bits per heavy atom. The van der Waals surface area contributed by atoms with Gasteiger partial charge >= 0.3 is 0 Å². The van der Waals surface area contributed by atoms with Gasteiger partial charge in [-0.1, -0.05) is 78.3 Å². The lowest BCUT2D eigenvalue weighted by atomic mass is 9.96. The zero-order valence-corrected chi connectivity index (χ0v) is 36.8. The molecule has 0 aliphatic carbocycles. The second kappa shape index (κ2) is 25.6. The standard InChI is InChI=1S/C42H69N9O10/c1-9-25(6)36(42(61)49-35(24(4)5)41(60)44-8)50-40(59)32-16-13-17-51(32)21-33(54)28(19-27-14-11-10-12-15-27)46-38(57)30(20-34(43)55)48-37(56)29(18-23(2)3)47-39(58)31(22-52)45-26(7)53/h10-12,14-15,23-25,28-33,35-36,52,54H,9,13,16-22H2,1-8H3,(H2,43,55)(H,44,60)(H,45,53)(H,46,57)(H,47,58)(H,48,56)(H,49,61)(H,50,59)/t25-,28-,29-,30-,31-,32-,33-,35-,36-/m0/s1. The Balaban J connectivity index is 2.34. The van der Waals surface area contributed by atoms with E-state index in [4.69, 9.17) is 5.73 Å². The molecule has 342 valence electrons. The summed E-state index contributed by atoms with van der Waals surface area (Å²) < 4.78 is 0. The minimum Gasteiger partial charge on any atom is -0.394 e. The predicted molar refractivity (Wildman–Crippen MR) is 227 cm³/mol. The molecule has 19 heteroatoms. The smallest absolute Gasteiger partial charge is 0.245 e. The molecule has 8 amide bonds. The highest BCUT2D eigenvalue weighted by Gasteiger charge is 2.38.